The first-order chi connectivity index (χ1) is 8.44. The average molecular weight is 288 g/mol. The molecule has 0 aromatic carbocycles. The summed E-state index contributed by atoms with van der Waals surface area (Å²) >= 11 is -1.30. The molecule has 0 spiro atoms. The van der Waals surface area contributed by atoms with Gasteiger partial charge in [-0.1, -0.05) is 4.40 Å². The minimum absolute atomic E-state index is 0.390. The van der Waals surface area contributed by atoms with Gasteiger partial charge in [0.05, 0.1) is 11.8 Å². The Hall–Kier alpha value is -0.750. The summed E-state index contributed by atoms with van der Waals surface area (Å²) in [5.74, 6) is 0. The molecule has 1 aliphatic carbocycles. The van der Waals surface area contributed by atoms with Crippen molar-refractivity contribution in [3.05, 3.63) is 0 Å². The van der Waals surface area contributed by atoms with Gasteiger partial charge >= 0.3 is 6.09 Å². The van der Waals surface area contributed by atoms with Gasteiger partial charge in [0.25, 0.3) is 0 Å². The van der Waals surface area contributed by atoms with Crippen LogP contribution in [-0.2, 0) is 16.1 Å². The van der Waals surface area contributed by atoms with Gasteiger partial charge in [-0.05, 0) is 54.4 Å². The van der Waals surface area contributed by atoms with Crippen molar-refractivity contribution in [3.63, 3.8) is 0 Å². The molecule has 1 aliphatic rings. The molecule has 0 heterocycles. The van der Waals surface area contributed by atoms with Gasteiger partial charge in [0.2, 0.25) is 0 Å². The molecule has 19 heavy (non-hydrogen) atoms. The Morgan fingerprint density at radius 1 is 1.32 bits per heavy atom. The van der Waals surface area contributed by atoms with Gasteiger partial charge in [0.15, 0.2) is 0 Å². The van der Waals surface area contributed by atoms with Crippen LogP contribution in [0, 0.1) is 0 Å². The third-order valence-corrected chi connectivity index (χ3v) is 3.80. The van der Waals surface area contributed by atoms with Gasteiger partial charge in [0, 0.05) is 0 Å². The summed E-state index contributed by atoms with van der Waals surface area (Å²) in [6, 6.07) is 0. The van der Waals surface area contributed by atoms with E-state index in [1.165, 1.54) is 0 Å². The molecule has 6 heteroatoms. The van der Waals surface area contributed by atoms with E-state index in [4.69, 9.17) is 4.74 Å². The van der Waals surface area contributed by atoms with Crippen molar-refractivity contribution in [1.29, 1.82) is 0 Å². The topological polar surface area (TPSA) is 73.8 Å². The molecule has 110 valence electrons. The summed E-state index contributed by atoms with van der Waals surface area (Å²) in [7, 11) is 0. The second-order valence-electron chi connectivity index (χ2n) is 6.88. The van der Waals surface area contributed by atoms with E-state index in [0.717, 1.165) is 12.8 Å². The molecule has 1 rings (SSSR count). The van der Waals surface area contributed by atoms with Crippen LogP contribution in [0.3, 0.4) is 0 Å². The van der Waals surface area contributed by atoms with Gasteiger partial charge in [-0.3, -0.25) is 0 Å². The maximum Gasteiger partial charge on any atom is 0.408 e. The van der Waals surface area contributed by atoms with Crippen LogP contribution in [-0.4, -0.2) is 32.7 Å². The molecule has 0 radical (unpaired) electrons. The zero-order valence-electron chi connectivity index (χ0n) is 12.6. The largest absolute Gasteiger partial charge is 0.591 e. The molecule has 5 nitrogen and oxygen atoms in total. The van der Waals surface area contributed by atoms with E-state index in [1.807, 2.05) is 41.5 Å². The minimum atomic E-state index is -1.30. The van der Waals surface area contributed by atoms with E-state index in [1.54, 1.807) is 6.21 Å². The van der Waals surface area contributed by atoms with E-state index < -0.39 is 33.3 Å². The van der Waals surface area contributed by atoms with Gasteiger partial charge in [-0.25, -0.2) is 4.79 Å². The second-order valence-corrected chi connectivity index (χ2v) is 8.81. The Balaban J connectivity index is 2.54. The van der Waals surface area contributed by atoms with Gasteiger partial charge < -0.3 is 14.6 Å². The number of alkyl carbamates (subject to hydrolysis) is 1. The number of nitrogens with one attached hydrogen (secondary N) is 1. The first kappa shape index (κ1) is 16.3. The number of ether oxygens (including phenoxy) is 1. The number of amides is 1. The zero-order valence-corrected chi connectivity index (χ0v) is 13.4. The van der Waals surface area contributed by atoms with Crippen LogP contribution in [0.2, 0.25) is 0 Å². The molecular weight excluding hydrogens is 264 g/mol. The lowest BCUT2D eigenvalue weighted by Gasteiger charge is -2.22. The summed E-state index contributed by atoms with van der Waals surface area (Å²) in [4.78, 5) is 11.7. The van der Waals surface area contributed by atoms with Crippen LogP contribution in [0.1, 0.15) is 54.4 Å². The summed E-state index contributed by atoms with van der Waals surface area (Å²) < 4.78 is 20.7. The number of carbonyl (C=O) groups is 1. The fourth-order valence-corrected chi connectivity index (χ4v) is 1.85. The number of rotatable bonds is 3. The Labute approximate surface area is 118 Å². The fraction of sp³-hybridized carbons (Fsp3) is 0.846. The number of hydrogen-bond acceptors (Lipinski definition) is 4. The van der Waals surface area contributed by atoms with E-state index in [-0.39, 0.29) is 0 Å². The van der Waals surface area contributed by atoms with Gasteiger partial charge in [-0.2, -0.15) is 0 Å². The van der Waals surface area contributed by atoms with Crippen LogP contribution in [0.4, 0.5) is 4.79 Å². The molecule has 0 aromatic heterocycles. The van der Waals surface area contributed by atoms with Gasteiger partial charge in [0.1, 0.15) is 21.7 Å². The van der Waals surface area contributed by atoms with Crippen molar-refractivity contribution < 1.29 is 14.1 Å². The summed E-state index contributed by atoms with van der Waals surface area (Å²) in [6.45, 7) is 11.0. The molecule has 1 N–H and O–H groups in total. The van der Waals surface area contributed by atoms with E-state index >= 15 is 0 Å². The molecular formula is C13H24N2O3S. The van der Waals surface area contributed by atoms with Crippen molar-refractivity contribution in [2.75, 3.05) is 0 Å². The average Bonchev–Trinajstić information content (AvgIpc) is 2.90. The van der Waals surface area contributed by atoms with Crippen molar-refractivity contribution >= 4 is 23.7 Å². The first-order valence-electron chi connectivity index (χ1n) is 6.42. The highest BCUT2D eigenvalue weighted by Crippen LogP contribution is 2.34. The molecule has 0 saturated heterocycles. The monoisotopic (exact) mass is 288 g/mol. The Kier molecular flexibility index (Phi) is 4.57. The number of hydrogen-bond donors (Lipinski definition) is 1. The molecule has 1 amide bonds. The molecule has 0 aromatic rings. The van der Waals surface area contributed by atoms with Crippen molar-refractivity contribution in [2.24, 2.45) is 4.40 Å². The highest BCUT2D eigenvalue weighted by Gasteiger charge is 2.45. The maximum absolute atomic E-state index is 11.8. The normalized spacial score (nSPS) is 20.2. The lowest BCUT2D eigenvalue weighted by atomic mass is 10.2. The van der Waals surface area contributed by atoms with Crippen molar-refractivity contribution in [1.82, 2.24) is 5.32 Å². The number of nitrogens with zero attached hydrogens (tertiary/aromatic N) is 1. The lowest BCUT2D eigenvalue weighted by molar-refractivity contribution is 0.0514. The fourth-order valence-electron chi connectivity index (χ4n) is 1.23. The van der Waals surface area contributed by atoms with E-state index in [0.29, 0.717) is 0 Å². The smallest absolute Gasteiger partial charge is 0.408 e. The highest BCUT2D eigenvalue weighted by molar-refractivity contribution is 7.91. The van der Waals surface area contributed by atoms with Crippen molar-refractivity contribution in [3.8, 4) is 0 Å². The minimum Gasteiger partial charge on any atom is -0.591 e. The summed E-state index contributed by atoms with van der Waals surface area (Å²) in [5.41, 5.74) is -0.991. The number of carbonyl (C=O) groups excluding carboxylic acids is 1. The molecule has 0 unspecified atom stereocenters. The third-order valence-electron chi connectivity index (χ3n) is 2.46. The summed E-state index contributed by atoms with van der Waals surface area (Å²) in [6.07, 6.45) is 2.74. The Morgan fingerprint density at radius 3 is 2.21 bits per heavy atom. The molecule has 0 bridgehead atoms. The first-order valence-corrected chi connectivity index (χ1v) is 7.53. The predicted molar refractivity (Wildman–Crippen MR) is 77.7 cm³/mol. The highest BCUT2D eigenvalue weighted by atomic mass is 32.2. The Bertz CT molecular complexity index is 365. The van der Waals surface area contributed by atoms with Crippen LogP contribution < -0.4 is 5.32 Å². The molecule has 0 aliphatic heterocycles. The maximum atomic E-state index is 11.8. The van der Waals surface area contributed by atoms with E-state index in [9.17, 15) is 9.35 Å². The Morgan fingerprint density at radius 2 is 1.84 bits per heavy atom. The standard InChI is InChI=1S/C13H24N2O3S/c1-11(2,3)18-10(16)15-13(7-8-13)9-14-19(17)12(4,5)6/h9H,7-8H2,1-6H3,(H,15,16)/t19-/m1/s1. The van der Waals surface area contributed by atoms with Crippen LogP contribution in [0.25, 0.3) is 0 Å². The SMILES string of the molecule is CC(C)(C)OC(=O)NC1(C=N[S@+]([O-])C(C)(C)C)CC1. The lowest BCUT2D eigenvalue weighted by Crippen LogP contribution is -2.42. The van der Waals surface area contributed by atoms with Crippen LogP contribution in [0.5, 0.6) is 0 Å². The predicted octanol–water partition coefficient (Wildman–Crippen LogP) is 2.58. The quantitative estimate of drug-likeness (QED) is 0.640. The second kappa shape index (κ2) is 5.32. The van der Waals surface area contributed by atoms with Gasteiger partial charge in [-0.15, -0.1) is 0 Å². The zero-order chi connectivity index (χ0) is 14.9. The molecule has 1 atom stereocenters. The van der Waals surface area contributed by atoms with Crippen LogP contribution >= 0.6 is 0 Å². The van der Waals surface area contributed by atoms with E-state index in [2.05, 4.69) is 9.71 Å². The summed E-state index contributed by atoms with van der Waals surface area (Å²) in [5, 5.41) is 2.79. The molecule has 1 saturated carbocycles. The van der Waals surface area contributed by atoms with Crippen molar-refractivity contribution in [2.45, 2.75) is 70.3 Å². The van der Waals surface area contributed by atoms with Crippen LogP contribution in [0.15, 0.2) is 4.40 Å². The third kappa shape index (κ3) is 5.82. The molecule has 1 fully saturated rings.